The number of hydrogen-bond donors (Lipinski definition) is 1. The number of hydrogen-bond acceptors (Lipinski definition) is 2. The van der Waals surface area contributed by atoms with Crippen LogP contribution < -0.4 is 4.90 Å². The third kappa shape index (κ3) is 3.53. The molecule has 0 aliphatic carbocycles. The molecule has 2 aromatic carbocycles. The second-order valence-corrected chi connectivity index (χ2v) is 6.76. The van der Waals surface area contributed by atoms with Gasteiger partial charge in [-0.05, 0) is 30.2 Å². The normalized spacial score (nSPS) is 16.5. The number of aliphatic carboxylic acids is 1. The maximum Gasteiger partial charge on any atom is 0.325 e. The van der Waals surface area contributed by atoms with Gasteiger partial charge in [0.05, 0.1) is 11.7 Å². The summed E-state index contributed by atoms with van der Waals surface area (Å²) >= 11 is 6.23. The molecule has 1 heterocycles. The van der Waals surface area contributed by atoms with Crippen molar-refractivity contribution in [3.8, 4) is 0 Å². The highest BCUT2D eigenvalue weighted by Gasteiger charge is 2.39. The fourth-order valence-corrected chi connectivity index (χ4v) is 3.54. The van der Waals surface area contributed by atoms with Crippen molar-refractivity contribution in [1.82, 2.24) is 4.90 Å². The number of benzene rings is 2. The first-order chi connectivity index (χ1) is 12.5. The van der Waals surface area contributed by atoms with E-state index in [0.717, 1.165) is 29.7 Å². The van der Waals surface area contributed by atoms with E-state index in [0.29, 0.717) is 11.6 Å². The maximum absolute atomic E-state index is 13.2. The first-order valence-corrected chi connectivity index (χ1v) is 9.05. The molecular formula is C20H21ClN2O3. The van der Waals surface area contributed by atoms with E-state index in [1.54, 1.807) is 11.0 Å². The number of nitrogens with zero attached hydrogens (tertiary/aromatic N) is 2. The molecular weight excluding hydrogens is 352 g/mol. The van der Waals surface area contributed by atoms with Crippen LogP contribution in [0.2, 0.25) is 5.02 Å². The molecule has 3 rings (SSSR count). The molecule has 1 atom stereocenters. The zero-order valence-corrected chi connectivity index (χ0v) is 15.3. The van der Waals surface area contributed by atoms with E-state index in [9.17, 15) is 14.7 Å². The first kappa shape index (κ1) is 18.3. The van der Waals surface area contributed by atoms with Gasteiger partial charge in [-0.1, -0.05) is 55.3 Å². The molecule has 0 spiro atoms. The highest BCUT2D eigenvalue weighted by molar-refractivity contribution is 6.30. The molecule has 0 fully saturated rings. The topological polar surface area (TPSA) is 60.9 Å². The van der Waals surface area contributed by atoms with Gasteiger partial charge in [-0.3, -0.25) is 9.69 Å². The molecule has 1 aliphatic rings. The van der Waals surface area contributed by atoms with Gasteiger partial charge >= 0.3 is 12.0 Å². The Kier molecular flexibility index (Phi) is 5.47. The van der Waals surface area contributed by atoms with Crippen molar-refractivity contribution in [2.75, 3.05) is 18.0 Å². The van der Waals surface area contributed by atoms with Crippen LogP contribution in [-0.2, 0) is 4.79 Å². The third-order valence-electron chi connectivity index (χ3n) is 4.52. The minimum absolute atomic E-state index is 0.287. The molecule has 6 heteroatoms. The van der Waals surface area contributed by atoms with Crippen LogP contribution in [0.15, 0.2) is 48.5 Å². The Morgan fingerprint density at radius 2 is 1.92 bits per heavy atom. The number of halogens is 1. The van der Waals surface area contributed by atoms with E-state index in [2.05, 4.69) is 6.92 Å². The molecule has 0 bridgehead atoms. The molecule has 1 aliphatic heterocycles. The number of unbranched alkanes of at least 4 members (excludes halogenated alkanes) is 1. The maximum atomic E-state index is 13.2. The van der Waals surface area contributed by atoms with Crippen molar-refractivity contribution < 1.29 is 14.7 Å². The van der Waals surface area contributed by atoms with Crippen molar-refractivity contribution in [1.29, 1.82) is 0 Å². The van der Waals surface area contributed by atoms with E-state index in [4.69, 9.17) is 11.6 Å². The van der Waals surface area contributed by atoms with Gasteiger partial charge in [-0.25, -0.2) is 4.79 Å². The standard InChI is InChI=1S/C20H21ClN2O3/c1-2-3-11-22-17-10-9-15(21)12-16(17)19(14-7-5-4-6-8-14)23(20(22)26)13-18(24)25/h4-10,12,19H,2-3,11,13H2,1H3,(H,24,25). The summed E-state index contributed by atoms with van der Waals surface area (Å²) in [5.74, 6) is -1.04. The van der Waals surface area contributed by atoms with Crippen molar-refractivity contribution >= 4 is 29.3 Å². The number of carboxylic acids is 1. The number of urea groups is 1. The molecule has 5 nitrogen and oxygen atoms in total. The number of carboxylic acid groups (broad SMARTS) is 1. The van der Waals surface area contributed by atoms with Crippen LogP contribution in [0.25, 0.3) is 0 Å². The van der Waals surface area contributed by atoms with Gasteiger partial charge in [0.15, 0.2) is 0 Å². The molecule has 0 aromatic heterocycles. The monoisotopic (exact) mass is 372 g/mol. The van der Waals surface area contributed by atoms with E-state index in [1.807, 2.05) is 42.5 Å². The van der Waals surface area contributed by atoms with Crippen LogP contribution in [0.4, 0.5) is 10.5 Å². The lowest BCUT2D eigenvalue weighted by molar-refractivity contribution is -0.138. The summed E-state index contributed by atoms with van der Waals surface area (Å²) in [5, 5.41) is 9.93. The molecule has 2 aromatic rings. The molecule has 1 unspecified atom stereocenters. The Balaban J connectivity index is 2.16. The fourth-order valence-electron chi connectivity index (χ4n) is 3.36. The summed E-state index contributed by atoms with van der Waals surface area (Å²) in [6.45, 7) is 2.23. The smallest absolute Gasteiger partial charge is 0.325 e. The predicted octanol–water partition coefficient (Wildman–Crippen LogP) is 4.56. The average Bonchev–Trinajstić information content (AvgIpc) is 2.62. The van der Waals surface area contributed by atoms with Crippen LogP contribution in [-0.4, -0.2) is 35.1 Å². The second kappa shape index (κ2) is 7.79. The highest BCUT2D eigenvalue weighted by atomic mass is 35.5. The van der Waals surface area contributed by atoms with Crippen LogP contribution in [0, 0.1) is 0 Å². The van der Waals surface area contributed by atoms with Crippen LogP contribution in [0.5, 0.6) is 0 Å². The SMILES string of the molecule is CCCCN1C(=O)N(CC(=O)O)C(c2ccccc2)c2cc(Cl)ccc21. The van der Waals surface area contributed by atoms with Crippen molar-refractivity contribution in [2.24, 2.45) is 0 Å². The van der Waals surface area contributed by atoms with Gasteiger partial charge in [0, 0.05) is 17.1 Å². The minimum atomic E-state index is -1.04. The van der Waals surface area contributed by atoms with E-state index in [1.165, 1.54) is 4.90 Å². The summed E-state index contributed by atoms with van der Waals surface area (Å²) in [6, 6.07) is 14.1. The van der Waals surface area contributed by atoms with Gasteiger partial charge in [-0.2, -0.15) is 0 Å². The van der Waals surface area contributed by atoms with E-state index < -0.39 is 12.0 Å². The molecule has 1 N–H and O–H groups in total. The Morgan fingerprint density at radius 1 is 1.19 bits per heavy atom. The third-order valence-corrected chi connectivity index (χ3v) is 4.75. The summed E-state index contributed by atoms with van der Waals surface area (Å²) < 4.78 is 0. The number of carbonyl (C=O) groups is 2. The van der Waals surface area contributed by atoms with E-state index >= 15 is 0 Å². The van der Waals surface area contributed by atoms with Crippen LogP contribution in [0.1, 0.15) is 36.9 Å². The number of anilines is 1. The van der Waals surface area contributed by atoms with E-state index in [-0.39, 0.29) is 12.6 Å². The number of fused-ring (bicyclic) bond motifs is 1. The van der Waals surface area contributed by atoms with Crippen molar-refractivity contribution in [3.05, 3.63) is 64.7 Å². The fraction of sp³-hybridized carbons (Fsp3) is 0.300. The summed E-state index contributed by atoms with van der Waals surface area (Å²) in [7, 11) is 0. The van der Waals surface area contributed by atoms with Crippen LogP contribution in [0.3, 0.4) is 0 Å². The molecule has 0 saturated heterocycles. The summed E-state index contributed by atoms with van der Waals surface area (Å²) in [5.41, 5.74) is 2.50. The quantitative estimate of drug-likeness (QED) is 0.808. The lowest BCUT2D eigenvalue weighted by Crippen LogP contribution is -2.51. The number of carbonyl (C=O) groups excluding carboxylic acids is 1. The zero-order valence-electron chi connectivity index (χ0n) is 14.6. The highest BCUT2D eigenvalue weighted by Crippen LogP contribution is 2.41. The van der Waals surface area contributed by atoms with Gasteiger partial charge in [0.1, 0.15) is 6.54 Å². The first-order valence-electron chi connectivity index (χ1n) is 8.67. The Bertz CT molecular complexity index is 810. The Hall–Kier alpha value is -2.53. The van der Waals surface area contributed by atoms with Crippen molar-refractivity contribution in [3.63, 3.8) is 0 Å². The second-order valence-electron chi connectivity index (χ2n) is 6.33. The van der Waals surface area contributed by atoms with Gasteiger partial charge in [-0.15, -0.1) is 0 Å². The van der Waals surface area contributed by atoms with Gasteiger partial charge < -0.3 is 10.0 Å². The molecule has 0 radical (unpaired) electrons. The average molecular weight is 373 g/mol. The zero-order chi connectivity index (χ0) is 18.7. The predicted molar refractivity (Wildman–Crippen MR) is 102 cm³/mol. The Labute approximate surface area is 157 Å². The summed E-state index contributed by atoms with van der Waals surface area (Å²) in [4.78, 5) is 27.7. The summed E-state index contributed by atoms with van der Waals surface area (Å²) in [6.07, 6.45) is 1.78. The molecule has 136 valence electrons. The lowest BCUT2D eigenvalue weighted by atomic mass is 9.93. The number of rotatable bonds is 6. The lowest BCUT2D eigenvalue weighted by Gasteiger charge is -2.42. The van der Waals surface area contributed by atoms with Crippen LogP contribution >= 0.6 is 11.6 Å². The van der Waals surface area contributed by atoms with Gasteiger partial charge in [0.25, 0.3) is 0 Å². The molecule has 2 amide bonds. The van der Waals surface area contributed by atoms with Gasteiger partial charge in [0.2, 0.25) is 0 Å². The van der Waals surface area contributed by atoms with Crippen molar-refractivity contribution in [2.45, 2.75) is 25.8 Å². The minimum Gasteiger partial charge on any atom is -0.480 e. The largest absolute Gasteiger partial charge is 0.480 e. The molecule has 0 saturated carbocycles. The number of amides is 2. The Morgan fingerprint density at radius 3 is 2.58 bits per heavy atom. The molecule has 26 heavy (non-hydrogen) atoms.